The summed E-state index contributed by atoms with van der Waals surface area (Å²) in [6, 6.07) is 28.4. The second-order valence-corrected chi connectivity index (χ2v) is 8.92. The Morgan fingerprint density at radius 1 is 0.943 bits per heavy atom. The smallest absolute Gasteiger partial charge is 0.254 e. The van der Waals surface area contributed by atoms with E-state index in [4.69, 9.17) is 11.6 Å². The summed E-state index contributed by atoms with van der Waals surface area (Å²) >= 11 is 6.16. The number of carbonyl (C=O) groups excluding carboxylic acids is 1. The van der Waals surface area contributed by atoms with Gasteiger partial charge in [0, 0.05) is 29.2 Å². The van der Waals surface area contributed by atoms with Gasteiger partial charge in [0.25, 0.3) is 5.91 Å². The van der Waals surface area contributed by atoms with Gasteiger partial charge in [-0.2, -0.15) is 5.10 Å². The molecule has 0 atom stereocenters. The molecule has 2 heterocycles. The Bertz CT molecular complexity index is 1430. The molecule has 0 saturated heterocycles. The fraction of sp³-hybridized carbons (Fsp3) is 0.138. The minimum absolute atomic E-state index is 0.156. The highest BCUT2D eigenvalue weighted by Gasteiger charge is 2.18. The van der Waals surface area contributed by atoms with Gasteiger partial charge in [-0.15, -0.1) is 0 Å². The second kappa shape index (κ2) is 10.1. The summed E-state index contributed by atoms with van der Waals surface area (Å²) in [5.41, 5.74) is 6.21. The van der Waals surface area contributed by atoms with Gasteiger partial charge in [-0.1, -0.05) is 84.4 Å². The molecule has 0 bridgehead atoms. The number of hydrogen-bond donors (Lipinski definition) is 1. The molecule has 0 spiro atoms. The number of aryl methyl sites for hydroxylation is 1. The van der Waals surface area contributed by atoms with Gasteiger partial charge < -0.3 is 5.32 Å². The van der Waals surface area contributed by atoms with Crippen LogP contribution in [0.4, 0.5) is 0 Å². The lowest BCUT2D eigenvalue weighted by Gasteiger charge is -2.18. The molecule has 5 rings (SSSR count). The van der Waals surface area contributed by atoms with Crippen LogP contribution in [0.5, 0.6) is 0 Å². The zero-order chi connectivity index (χ0) is 24.2. The summed E-state index contributed by atoms with van der Waals surface area (Å²) in [6.07, 6.45) is 4.17. The van der Waals surface area contributed by atoms with Crippen molar-refractivity contribution in [2.75, 3.05) is 6.54 Å². The van der Waals surface area contributed by atoms with Crippen LogP contribution in [-0.2, 0) is 0 Å². The van der Waals surface area contributed by atoms with Crippen LogP contribution < -0.4 is 5.32 Å². The molecule has 0 radical (unpaired) electrons. The Kier molecular flexibility index (Phi) is 6.59. The number of nitrogens with one attached hydrogen (secondary N) is 1. The van der Waals surface area contributed by atoms with Gasteiger partial charge in [0.15, 0.2) is 5.65 Å². The molecule has 35 heavy (non-hydrogen) atoms. The van der Waals surface area contributed by atoms with E-state index in [9.17, 15) is 4.79 Å². The topological polar surface area (TPSA) is 59.3 Å². The maximum absolute atomic E-state index is 13.1. The van der Waals surface area contributed by atoms with Crippen LogP contribution in [-0.4, -0.2) is 27.0 Å². The molecule has 2 aromatic heterocycles. The largest absolute Gasteiger partial charge is 0.352 e. The highest BCUT2D eigenvalue weighted by atomic mass is 35.5. The maximum Gasteiger partial charge on any atom is 0.254 e. The van der Waals surface area contributed by atoms with Gasteiger partial charge in [0.2, 0.25) is 0 Å². The highest BCUT2D eigenvalue weighted by Crippen LogP contribution is 2.28. The van der Waals surface area contributed by atoms with E-state index in [2.05, 4.69) is 63.9 Å². The van der Waals surface area contributed by atoms with Gasteiger partial charge >= 0.3 is 0 Å². The van der Waals surface area contributed by atoms with Crippen molar-refractivity contribution in [2.45, 2.75) is 19.3 Å². The SMILES string of the molecule is Cc1c(C(=O)NCCC(c2ccccc2)c2ccccc2)cnc2c(-c3cccc(Cl)c3)cnn12. The number of rotatable bonds is 7. The van der Waals surface area contributed by atoms with Gasteiger partial charge in [0.1, 0.15) is 0 Å². The average Bonchev–Trinajstić information content (AvgIpc) is 3.33. The fourth-order valence-electron chi connectivity index (χ4n) is 4.45. The molecule has 5 aromatic rings. The first-order valence-corrected chi connectivity index (χ1v) is 12.0. The molecule has 0 fully saturated rings. The third kappa shape index (κ3) is 4.81. The molecule has 1 N–H and O–H groups in total. The number of benzene rings is 3. The van der Waals surface area contributed by atoms with Crippen LogP contribution in [0.25, 0.3) is 16.8 Å². The van der Waals surface area contributed by atoms with E-state index in [1.807, 2.05) is 43.3 Å². The fourth-order valence-corrected chi connectivity index (χ4v) is 4.64. The molecule has 174 valence electrons. The van der Waals surface area contributed by atoms with Crippen molar-refractivity contribution in [2.24, 2.45) is 0 Å². The van der Waals surface area contributed by atoms with E-state index in [1.165, 1.54) is 11.1 Å². The van der Waals surface area contributed by atoms with Crippen LogP contribution in [0.3, 0.4) is 0 Å². The van der Waals surface area contributed by atoms with E-state index in [0.717, 1.165) is 23.2 Å². The number of aromatic nitrogens is 3. The average molecular weight is 481 g/mol. The molecule has 0 unspecified atom stereocenters. The second-order valence-electron chi connectivity index (χ2n) is 8.48. The van der Waals surface area contributed by atoms with Crippen molar-refractivity contribution in [3.8, 4) is 11.1 Å². The van der Waals surface area contributed by atoms with Crippen molar-refractivity contribution < 1.29 is 4.79 Å². The van der Waals surface area contributed by atoms with E-state index >= 15 is 0 Å². The number of amides is 1. The number of nitrogens with zero attached hydrogens (tertiary/aromatic N) is 3. The molecule has 0 aliphatic heterocycles. The Morgan fingerprint density at radius 3 is 2.29 bits per heavy atom. The summed E-state index contributed by atoms with van der Waals surface area (Å²) in [5.74, 6) is 0.0438. The third-order valence-corrected chi connectivity index (χ3v) is 6.51. The minimum atomic E-state index is -0.156. The van der Waals surface area contributed by atoms with Crippen LogP contribution in [0.1, 0.15) is 39.5 Å². The summed E-state index contributed by atoms with van der Waals surface area (Å²) in [4.78, 5) is 17.6. The van der Waals surface area contributed by atoms with E-state index in [1.54, 1.807) is 16.9 Å². The van der Waals surface area contributed by atoms with Crippen molar-refractivity contribution >= 4 is 23.2 Å². The van der Waals surface area contributed by atoms with Crippen molar-refractivity contribution in [1.82, 2.24) is 19.9 Å². The first kappa shape index (κ1) is 22.8. The number of carbonyl (C=O) groups is 1. The van der Waals surface area contributed by atoms with Gasteiger partial charge in [-0.05, 0) is 42.2 Å². The zero-order valence-corrected chi connectivity index (χ0v) is 20.1. The van der Waals surface area contributed by atoms with E-state index in [0.29, 0.717) is 22.8 Å². The summed E-state index contributed by atoms with van der Waals surface area (Å²) < 4.78 is 1.71. The Balaban J connectivity index is 1.34. The van der Waals surface area contributed by atoms with Crippen molar-refractivity contribution in [1.29, 1.82) is 0 Å². The van der Waals surface area contributed by atoms with Crippen LogP contribution >= 0.6 is 11.6 Å². The standard InChI is InChI=1S/C29H25ClN4O/c1-20-26(18-32-28-27(19-33-34(20)28)23-13-8-14-24(30)17-23)29(35)31-16-15-25(21-9-4-2-5-10-21)22-11-6-3-7-12-22/h2-14,17-19,25H,15-16H2,1H3,(H,31,35). The molecular formula is C29H25ClN4O. The Morgan fingerprint density at radius 2 is 1.63 bits per heavy atom. The van der Waals surface area contributed by atoms with E-state index < -0.39 is 0 Å². The molecule has 6 heteroatoms. The normalized spacial score (nSPS) is 11.2. The first-order chi connectivity index (χ1) is 17.1. The van der Waals surface area contributed by atoms with Gasteiger partial charge in [0.05, 0.1) is 17.5 Å². The van der Waals surface area contributed by atoms with Crippen LogP contribution in [0.15, 0.2) is 97.3 Å². The molecule has 0 aliphatic rings. The molecule has 5 nitrogen and oxygen atoms in total. The van der Waals surface area contributed by atoms with Crippen LogP contribution in [0, 0.1) is 6.92 Å². The molecule has 1 amide bonds. The lowest BCUT2D eigenvalue weighted by atomic mass is 9.88. The molecular weight excluding hydrogens is 456 g/mol. The quantitative estimate of drug-likeness (QED) is 0.297. The van der Waals surface area contributed by atoms with Gasteiger partial charge in [-0.3, -0.25) is 4.79 Å². The van der Waals surface area contributed by atoms with Gasteiger partial charge in [-0.25, -0.2) is 9.50 Å². The third-order valence-electron chi connectivity index (χ3n) is 6.27. The number of hydrogen-bond acceptors (Lipinski definition) is 3. The zero-order valence-electron chi connectivity index (χ0n) is 19.4. The predicted molar refractivity (Wildman–Crippen MR) is 140 cm³/mol. The highest BCUT2D eigenvalue weighted by molar-refractivity contribution is 6.30. The summed E-state index contributed by atoms with van der Waals surface area (Å²) in [6.45, 7) is 2.42. The lowest BCUT2D eigenvalue weighted by molar-refractivity contribution is 0.0951. The Labute approximate surface area is 209 Å². The monoisotopic (exact) mass is 480 g/mol. The molecule has 0 aliphatic carbocycles. The van der Waals surface area contributed by atoms with E-state index in [-0.39, 0.29) is 11.8 Å². The molecule has 0 saturated carbocycles. The lowest BCUT2D eigenvalue weighted by Crippen LogP contribution is -2.27. The predicted octanol–water partition coefficient (Wildman–Crippen LogP) is 6.31. The first-order valence-electron chi connectivity index (χ1n) is 11.6. The number of fused-ring (bicyclic) bond motifs is 1. The summed E-state index contributed by atoms with van der Waals surface area (Å²) in [7, 11) is 0. The van der Waals surface area contributed by atoms with Crippen molar-refractivity contribution in [3.63, 3.8) is 0 Å². The minimum Gasteiger partial charge on any atom is -0.352 e. The van der Waals surface area contributed by atoms with Crippen molar-refractivity contribution in [3.05, 3.63) is 125 Å². The summed E-state index contributed by atoms with van der Waals surface area (Å²) in [5, 5.41) is 8.22. The Hall–Kier alpha value is -3.96. The maximum atomic E-state index is 13.1. The molecule has 3 aromatic carbocycles. The number of halogens is 1. The van der Waals surface area contributed by atoms with Crippen LogP contribution in [0.2, 0.25) is 5.02 Å².